The molecule has 1 saturated heterocycles. The van der Waals surface area contributed by atoms with Crippen molar-refractivity contribution in [1.29, 1.82) is 0 Å². The normalized spacial score (nSPS) is 23.0. The van der Waals surface area contributed by atoms with Crippen LogP contribution < -0.4 is 20.3 Å². The highest BCUT2D eigenvalue weighted by Crippen LogP contribution is 2.50. The summed E-state index contributed by atoms with van der Waals surface area (Å²) in [5, 5.41) is 7.19. The van der Waals surface area contributed by atoms with Crippen LogP contribution >= 0.6 is 12.2 Å². The summed E-state index contributed by atoms with van der Waals surface area (Å²) in [7, 11) is 0. The van der Waals surface area contributed by atoms with Crippen LogP contribution in [0.15, 0.2) is 60.7 Å². The van der Waals surface area contributed by atoms with E-state index in [1.807, 2.05) is 88.0 Å². The SMILES string of the molecule is Cc1ccc(N2C(=S)N[C@H]3c4cc(C)ccc4O[C@]2(C)[C@@H]3C(=O)Nc2ccc(C)cc2C)cc1. The number of carbonyl (C=O) groups is 1. The maximum absolute atomic E-state index is 14.0. The first-order chi connectivity index (χ1) is 16.2. The zero-order valence-corrected chi connectivity index (χ0v) is 20.9. The molecular weight excluding hydrogens is 442 g/mol. The van der Waals surface area contributed by atoms with Crippen molar-refractivity contribution in [1.82, 2.24) is 5.32 Å². The molecule has 3 atom stereocenters. The van der Waals surface area contributed by atoms with Crippen molar-refractivity contribution >= 4 is 34.6 Å². The monoisotopic (exact) mass is 471 g/mol. The van der Waals surface area contributed by atoms with Crippen molar-refractivity contribution in [2.24, 2.45) is 5.92 Å². The maximum atomic E-state index is 14.0. The second-order valence-corrected chi connectivity index (χ2v) is 9.97. The van der Waals surface area contributed by atoms with E-state index in [-0.39, 0.29) is 11.9 Å². The minimum Gasteiger partial charge on any atom is -0.467 e. The molecule has 0 radical (unpaired) electrons. The summed E-state index contributed by atoms with van der Waals surface area (Å²) in [4.78, 5) is 15.9. The van der Waals surface area contributed by atoms with Crippen LogP contribution in [0.2, 0.25) is 0 Å². The molecule has 34 heavy (non-hydrogen) atoms. The molecule has 3 aromatic carbocycles. The fourth-order valence-corrected chi connectivity index (χ4v) is 5.56. The van der Waals surface area contributed by atoms with Crippen molar-refractivity contribution in [3.8, 4) is 5.75 Å². The van der Waals surface area contributed by atoms with Gasteiger partial charge in [0.2, 0.25) is 5.91 Å². The van der Waals surface area contributed by atoms with Gasteiger partial charge in [0.25, 0.3) is 0 Å². The second kappa shape index (κ2) is 8.13. The van der Waals surface area contributed by atoms with Gasteiger partial charge in [-0.05, 0) is 76.7 Å². The van der Waals surface area contributed by atoms with Crippen molar-refractivity contribution in [3.63, 3.8) is 0 Å². The maximum Gasteiger partial charge on any atom is 0.236 e. The van der Waals surface area contributed by atoms with Crippen molar-refractivity contribution in [3.05, 3.63) is 88.5 Å². The Morgan fingerprint density at radius 3 is 2.32 bits per heavy atom. The van der Waals surface area contributed by atoms with Crippen LogP contribution in [0.3, 0.4) is 0 Å². The van der Waals surface area contributed by atoms with Gasteiger partial charge in [-0.1, -0.05) is 53.1 Å². The molecule has 0 aromatic heterocycles. The van der Waals surface area contributed by atoms with Gasteiger partial charge in [0.05, 0.1) is 6.04 Å². The number of hydrogen-bond donors (Lipinski definition) is 2. The van der Waals surface area contributed by atoms with Gasteiger partial charge in [-0.3, -0.25) is 9.69 Å². The predicted molar refractivity (Wildman–Crippen MR) is 140 cm³/mol. The molecule has 2 N–H and O–H groups in total. The predicted octanol–water partition coefficient (Wildman–Crippen LogP) is 5.72. The highest BCUT2D eigenvalue weighted by Gasteiger charge is 2.59. The number of nitrogens with one attached hydrogen (secondary N) is 2. The number of benzene rings is 3. The first-order valence-corrected chi connectivity index (χ1v) is 11.9. The number of anilines is 2. The first-order valence-electron chi connectivity index (χ1n) is 11.5. The van der Waals surface area contributed by atoms with Crippen LogP contribution in [-0.4, -0.2) is 16.7 Å². The number of amides is 1. The number of rotatable bonds is 3. The number of nitrogens with zero attached hydrogens (tertiary/aromatic N) is 1. The Morgan fingerprint density at radius 1 is 0.971 bits per heavy atom. The van der Waals surface area contributed by atoms with E-state index in [0.717, 1.165) is 44.9 Å². The van der Waals surface area contributed by atoms with Crippen LogP contribution in [-0.2, 0) is 4.79 Å². The van der Waals surface area contributed by atoms with Crippen molar-refractivity contribution in [2.75, 3.05) is 10.2 Å². The van der Waals surface area contributed by atoms with E-state index in [0.29, 0.717) is 5.11 Å². The van der Waals surface area contributed by atoms with E-state index in [1.165, 1.54) is 0 Å². The molecule has 0 spiro atoms. The Kier molecular flexibility index (Phi) is 5.36. The fraction of sp³-hybridized carbons (Fsp3) is 0.286. The molecule has 2 aliphatic heterocycles. The van der Waals surface area contributed by atoms with Crippen LogP contribution in [0.1, 0.15) is 40.8 Å². The zero-order chi connectivity index (χ0) is 24.2. The lowest BCUT2D eigenvalue weighted by molar-refractivity contribution is -0.130. The van der Waals surface area contributed by atoms with Gasteiger partial charge in [0.15, 0.2) is 10.8 Å². The molecule has 2 bridgehead atoms. The van der Waals surface area contributed by atoms with Crippen LogP contribution in [0.4, 0.5) is 11.4 Å². The van der Waals surface area contributed by atoms with Gasteiger partial charge in [0.1, 0.15) is 11.7 Å². The average Bonchev–Trinajstić information content (AvgIpc) is 2.77. The van der Waals surface area contributed by atoms with Gasteiger partial charge < -0.3 is 15.4 Å². The van der Waals surface area contributed by atoms with Crippen LogP contribution in [0, 0.1) is 33.6 Å². The van der Waals surface area contributed by atoms with E-state index in [1.54, 1.807) is 0 Å². The minimum atomic E-state index is -1.02. The van der Waals surface area contributed by atoms with E-state index >= 15 is 0 Å². The van der Waals surface area contributed by atoms with Crippen molar-refractivity contribution in [2.45, 2.75) is 46.4 Å². The zero-order valence-electron chi connectivity index (χ0n) is 20.1. The molecule has 3 aromatic rings. The van der Waals surface area contributed by atoms with Gasteiger partial charge in [-0.25, -0.2) is 0 Å². The molecule has 2 aliphatic rings. The highest BCUT2D eigenvalue weighted by atomic mass is 32.1. The Balaban J connectivity index is 1.63. The highest BCUT2D eigenvalue weighted by molar-refractivity contribution is 7.80. The lowest BCUT2D eigenvalue weighted by Gasteiger charge is -2.56. The second-order valence-electron chi connectivity index (χ2n) is 9.58. The standard InChI is InChI=1S/C28H29N3O2S/c1-16-6-10-20(11-7-16)31-27(34)30-25-21-15-18(3)9-13-23(21)33-28(31,5)24(25)26(32)29-22-12-8-17(2)14-19(22)4/h6-15,24-25H,1-5H3,(H,29,32)(H,30,34)/t24-,25-,28+/m0/s1. The lowest BCUT2D eigenvalue weighted by Crippen LogP contribution is -2.72. The van der Waals surface area contributed by atoms with Crippen molar-refractivity contribution < 1.29 is 9.53 Å². The number of aryl methyl sites for hydroxylation is 4. The largest absolute Gasteiger partial charge is 0.467 e. The minimum absolute atomic E-state index is 0.112. The molecule has 0 saturated carbocycles. The third-order valence-corrected chi connectivity index (χ3v) is 7.17. The van der Waals surface area contributed by atoms with Crippen LogP contribution in [0.5, 0.6) is 5.75 Å². The third-order valence-electron chi connectivity index (χ3n) is 6.87. The quantitative estimate of drug-likeness (QED) is 0.479. The molecule has 5 nitrogen and oxygen atoms in total. The van der Waals surface area contributed by atoms with Gasteiger partial charge in [-0.15, -0.1) is 0 Å². The molecule has 1 amide bonds. The fourth-order valence-electron chi connectivity index (χ4n) is 5.15. The van der Waals surface area contributed by atoms with E-state index in [4.69, 9.17) is 17.0 Å². The number of ether oxygens (including phenoxy) is 1. The molecule has 0 unspecified atom stereocenters. The third kappa shape index (κ3) is 3.62. The smallest absolute Gasteiger partial charge is 0.236 e. The van der Waals surface area contributed by atoms with Crippen LogP contribution in [0.25, 0.3) is 0 Å². The molecular formula is C28H29N3O2S. The van der Waals surface area contributed by atoms with Gasteiger partial charge in [0, 0.05) is 16.9 Å². The van der Waals surface area contributed by atoms with E-state index < -0.39 is 11.6 Å². The first kappa shape index (κ1) is 22.4. The number of hydrogen-bond acceptors (Lipinski definition) is 3. The Hall–Kier alpha value is -3.38. The topological polar surface area (TPSA) is 53.6 Å². The van der Waals surface area contributed by atoms with E-state index in [9.17, 15) is 4.79 Å². The Bertz CT molecular complexity index is 1300. The molecule has 0 aliphatic carbocycles. The number of thiocarbonyl (C=S) groups is 1. The number of fused-ring (bicyclic) bond motifs is 4. The Labute approximate surface area is 206 Å². The molecule has 1 fully saturated rings. The average molecular weight is 472 g/mol. The summed E-state index contributed by atoms with van der Waals surface area (Å²) in [6.45, 7) is 10.1. The summed E-state index contributed by atoms with van der Waals surface area (Å²) in [6.07, 6.45) is 0. The molecule has 6 heteroatoms. The summed E-state index contributed by atoms with van der Waals surface area (Å²) in [5.41, 5.74) is 6.04. The lowest BCUT2D eigenvalue weighted by atomic mass is 9.78. The number of carbonyl (C=O) groups excluding carboxylic acids is 1. The summed E-state index contributed by atoms with van der Waals surface area (Å²) in [6, 6.07) is 19.9. The Morgan fingerprint density at radius 2 is 1.62 bits per heavy atom. The summed E-state index contributed by atoms with van der Waals surface area (Å²) in [5.74, 6) is 0.0926. The molecule has 5 rings (SSSR count). The molecule has 174 valence electrons. The molecule has 2 heterocycles. The van der Waals surface area contributed by atoms with Gasteiger partial charge >= 0.3 is 0 Å². The summed E-state index contributed by atoms with van der Waals surface area (Å²) < 4.78 is 6.67. The summed E-state index contributed by atoms with van der Waals surface area (Å²) >= 11 is 5.84. The van der Waals surface area contributed by atoms with Gasteiger partial charge in [-0.2, -0.15) is 0 Å². The van der Waals surface area contributed by atoms with E-state index in [2.05, 4.69) is 22.8 Å².